The maximum absolute atomic E-state index is 13.7. The van der Waals surface area contributed by atoms with Crippen molar-refractivity contribution in [3.8, 4) is 5.75 Å². The van der Waals surface area contributed by atoms with Crippen LogP contribution in [0.2, 0.25) is 5.02 Å². The van der Waals surface area contributed by atoms with Crippen molar-refractivity contribution in [1.82, 2.24) is 0 Å². The van der Waals surface area contributed by atoms with E-state index >= 15 is 0 Å². The van der Waals surface area contributed by atoms with Gasteiger partial charge in [-0.1, -0.05) is 11.6 Å². The van der Waals surface area contributed by atoms with Crippen LogP contribution in [0.5, 0.6) is 5.75 Å². The molecule has 1 atom stereocenters. The standard InChI is InChI=1S/C17H13ClF3NO4/c1-9(15(23)22-14-7-4-11(18)8-13(14)19)25-16(24)10-2-5-12(6-3-10)26-17(20)21/h2-9,17H,1H3,(H,22,23)/t9-/m1/s1. The van der Waals surface area contributed by atoms with Crippen LogP contribution in [0.25, 0.3) is 0 Å². The average molecular weight is 388 g/mol. The molecule has 0 spiro atoms. The lowest BCUT2D eigenvalue weighted by atomic mass is 10.2. The molecule has 0 heterocycles. The molecule has 0 unspecified atom stereocenters. The number of carbonyl (C=O) groups excluding carboxylic acids is 2. The summed E-state index contributed by atoms with van der Waals surface area (Å²) >= 11 is 5.62. The number of ether oxygens (including phenoxy) is 2. The first-order chi connectivity index (χ1) is 12.3. The Bertz CT molecular complexity index is 799. The molecular formula is C17H13ClF3NO4. The molecule has 2 aromatic rings. The van der Waals surface area contributed by atoms with Gasteiger partial charge in [0.1, 0.15) is 11.6 Å². The van der Waals surface area contributed by atoms with Gasteiger partial charge in [-0.2, -0.15) is 8.78 Å². The fourth-order valence-corrected chi connectivity index (χ4v) is 2.04. The van der Waals surface area contributed by atoms with Gasteiger partial charge in [0.15, 0.2) is 6.10 Å². The van der Waals surface area contributed by atoms with Gasteiger partial charge < -0.3 is 14.8 Å². The number of nitrogens with one attached hydrogen (secondary N) is 1. The molecule has 9 heteroatoms. The van der Waals surface area contributed by atoms with Crippen LogP contribution in [0, 0.1) is 5.82 Å². The van der Waals surface area contributed by atoms with Gasteiger partial charge in [0.25, 0.3) is 5.91 Å². The summed E-state index contributed by atoms with van der Waals surface area (Å²) in [6, 6.07) is 8.43. The van der Waals surface area contributed by atoms with Crippen molar-refractivity contribution < 1.29 is 32.2 Å². The molecule has 0 aliphatic rings. The maximum atomic E-state index is 13.7. The minimum absolute atomic E-state index is 0.0314. The van der Waals surface area contributed by atoms with Gasteiger partial charge in [-0.3, -0.25) is 4.79 Å². The third-order valence-electron chi connectivity index (χ3n) is 3.16. The number of halogens is 4. The Morgan fingerprint density at radius 1 is 1.12 bits per heavy atom. The highest BCUT2D eigenvalue weighted by Gasteiger charge is 2.20. The first-order valence-corrected chi connectivity index (χ1v) is 7.66. The van der Waals surface area contributed by atoms with E-state index in [-0.39, 0.29) is 22.0 Å². The van der Waals surface area contributed by atoms with E-state index in [0.29, 0.717) is 0 Å². The van der Waals surface area contributed by atoms with Crippen molar-refractivity contribution in [3.63, 3.8) is 0 Å². The van der Waals surface area contributed by atoms with Gasteiger partial charge in [-0.05, 0) is 49.4 Å². The SMILES string of the molecule is C[C@@H](OC(=O)c1ccc(OC(F)F)cc1)C(=O)Nc1ccc(Cl)cc1F. The van der Waals surface area contributed by atoms with E-state index in [9.17, 15) is 22.8 Å². The normalized spacial score (nSPS) is 11.8. The number of hydrogen-bond acceptors (Lipinski definition) is 4. The molecule has 2 aromatic carbocycles. The van der Waals surface area contributed by atoms with Crippen molar-refractivity contribution in [3.05, 3.63) is 58.9 Å². The summed E-state index contributed by atoms with van der Waals surface area (Å²) in [5, 5.41) is 2.44. The van der Waals surface area contributed by atoms with Crippen LogP contribution in [0.1, 0.15) is 17.3 Å². The van der Waals surface area contributed by atoms with E-state index in [1.165, 1.54) is 31.2 Å². The Morgan fingerprint density at radius 3 is 2.35 bits per heavy atom. The molecule has 5 nitrogen and oxygen atoms in total. The molecule has 0 saturated carbocycles. The van der Waals surface area contributed by atoms with Crippen LogP contribution < -0.4 is 10.1 Å². The van der Waals surface area contributed by atoms with Gasteiger partial charge >= 0.3 is 12.6 Å². The number of anilines is 1. The third kappa shape index (κ3) is 5.38. The average Bonchev–Trinajstić information content (AvgIpc) is 2.57. The second-order valence-electron chi connectivity index (χ2n) is 5.06. The van der Waals surface area contributed by atoms with Gasteiger partial charge in [0.05, 0.1) is 11.3 Å². The first-order valence-electron chi connectivity index (χ1n) is 7.28. The van der Waals surface area contributed by atoms with E-state index in [2.05, 4.69) is 10.1 Å². The number of rotatable bonds is 6. The topological polar surface area (TPSA) is 64.6 Å². The Hall–Kier alpha value is -2.74. The number of benzene rings is 2. The second kappa shape index (κ2) is 8.57. The highest BCUT2D eigenvalue weighted by atomic mass is 35.5. The van der Waals surface area contributed by atoms with Crippen LogP contribution in [-0.2, 0) is 9.53 Å². The molecule has 26 heavy (non-hydrogen) atoms. The Kier molecular flexibility index (Phi) is 6.46. The lowest BCUT2D eigenvalue weighted by molar-refractivity contribution is -0.123. The minimum Gasteiger partial charge on any atom is -0.449 e. The maximum Gasteiger partial charge on any atom is 0.387 e. The summed E-state index contributed by atoms with van der Waals surface area (Å²) in [6.45, 7) is -1.68. The molecule has 0 aliphatic carbocycles. The van der Waals surface area contributed by atoms with E-state index in [4.69, 9.17) is 16.3 Å². The molecular weight excluding hydrogens is 375 g/mol. The largest absolute Gasteiger partial charge is 0.449 e. The second-order valence-corrected chi connectivity index (χ2v) is 5.50. The summed E-state index contributed by atoms with van der Waals surface area (Å²) < 4.78 is 46.9. The van der Waals surface area contributed by atoms with Gasteiger partial charge in [-0.25, -0.2) is 9.18 Å². The Labute approximate surface area is 151 Å². The number of hydrogen-bond donors (Lipinski definition) is 1. The quantitative estimate of drug-likeness (QED) is 0.752. The van der Waals surface area contributed by atoms with Crippen LogP contribution >= 0.6 is 11.6 Å². The zero-order chi connectivity index (χ0) is 19.3. The number of carbonyl (C=O) groups is 2. The van der Waals surface area contributed by atoms with E-state index in [1.54, 1.807) is 0 Å². The molecule has 0 aromatic heterocycles. The molecule has 1 amide bonds. The zero-order valence-electron chi connectivity index (χ0n) is 13.3. The van der Waals surface area contributed by atoms with E-state index in [0.717, 1.165) is 18.2 Å². The molecule has 0 radical (unpaired) electrons. The number of alkyl halides is 2. The third-order valence-corrected chi connectivity index (χ3v) is 3.39. The van der Waals surface area contributed by atoms with Crippen molar-refractivity contribution >= 4 is 29.2 Å². The van der Waals surface area contributed by atoms with Gasteiger partial charge in [0, 0.05) is 5.02 Å². The van der Waals surface area contributed by atoms with Gasteiger partial charge in [-0.15, -0.1) is 0 Å². The summed E-state index contributed by atoms with van der Waals surface area (Å²) in [5.74, 6) is -2.47. The van der Waals surface area contributed by atoms with E-state index < -0.39 is 30.4 Å². The summed E-state index contributed by atoms with van der Waals surface area (Å²) in [6.07, 6.45) is -1.23. The molecule has 1 N–H and O–H groups in total. The smallest absolute Gasteiger partial charge is 0.387 e. The minimum atomic E-state index is -2.98. The van der Waals surface area contributed by atoms with Crippen molar-refractivity contribution in [2.45, 2.75) is 19.6 Å². The zero-order valence-corrected chi connectivity index (χ0v) is 14.1. The Morgan fingerprint density at radius 2 is 1.77 bits per heavy atom. The summed E-state index contributed by atoms with van der Waals surface area (Å²) in [4.78, 5) is 24.0. The van der Waals surface area contributed by atoms with Crippen LogP contribution in [-0.4, -0.2) is 24.6 Å². The van der Waals surface area contributed by atoms with Crippen LogP contribution in [0.3, 0.4) is 0 Å². The van der Waals surface area contributed by atoms with Gasteiger partial charge in [0.2, 0.25) is 0 Å². The monoisotopic (exact) mass is 387 g/mol. The van der Waals surface area contributed by atoms with Crippen LogP contribution in [0.15, 0.2) is 42.5 Å². The lowest BCUT2D eigenvalue weighted by Gasteiger charge is -2.14. The molecule has 0 fully saturated rings. The molecule has 2 rings (SSSR count). The predicted octanol–water partition coefficient (Wildman–Crippen LogP) is 4.26. The molecule has 138 valence electrons. The molecule has 0 saturated heterocycles. The Balaban J connectivity index is 1.96. The van der Waals surface area contributed by atoms with Crippen molar-refractivity contribution in [2.24, 2.45) is 0 Å². The van der Waals surface area contributed by atoms with Crippen molar-refractivity contribution in [1.29, 1.82) is 0 Å². The first kappa shape index (κ1) is 19.6. The molecule has 0 aliphatic heterocycles. The fraction of sp³-hybridized carbons (Fsp3) is 0.176. The molecule has 0 bridgehead atoms. The highest BCUT2D eigenvalue weighted by molar-refractivity contribution is 6.30. The highest BCUT2D eigenvalue weighted by Crippen LogP contribution is 2.20. The number of amides is 1. The lowest BCUT2D eigenvalue weighted by Crippen LogP contribution is -2.30. The summed E-state index contributed by atoms with van der Waals surface area (Å²) in [5.41, 5.74) is -0.0836. The van der Waals surface area contributed by atoms with Crippen LogP contribution in [0.4, 0.5) is 18.9 Å². The summed E-state index contributed by atoms with van der Waals surface area (Å²) in [7, 11) is 0. The van der Waals surface area contributed by atoms with E-state index in [1.807, 2.05) is 0 Å². The predicted molar refractivity (Wildman–Crippen MR) is 88.0 cm³/mol. The fourth-order valence-electron chi connectivity index (χ4n) is 1.88. The number of esters is 1. The van der Waals surface area contributed by atoms with Crippen molar-refractivity contribution in [2.75, 3.05) is 5.32 Å².